The van der Waals surface area contributed by atoms with Crippen LogP contribution in [-0.4, -0.2) is 23.8 Å². The normalized spacial score (nSPS) is 12.2. The molecule has 1 aromatic rings. The first kappa shape index (κ1) is 11.7. The van der Waals surface area contributed by atoms with Crippen molar-refractivity contribution in [3.05, 3.63) is 35.6 Å². The van der Waals surface area contributed by atoms with E-state index in [9.17, 15) is 14.3 Å². The molecule has 1 N–H and O–H groups in total. The van der Waals surface area contributed by atoms with E-state index >= 15 is 0 Å². The highest BCUT2D eigenvalue weighted by Gasteiger charge is 2.16. The minimum atomic E-state index is -1.18. The van der Waals surface area contributed by atoms with E-state index in [1.165, 1.54) is 24.3 Å². The highest BCUT2D eigenvalue weighted by atomic mass is 19.1. The second kappa shape index (κ2) is 5.46. The maximum absolute atomic E-state index is 12.5. The number of benzene rings is 1. The molecule has 15 heavy (non-hydrogen) atoms. The number of rotatable bonds is 4. The zero-order chi connectivity index (χ0) is 11.3. The summed E-state index contributed by atoms with van der Waals surface area (Å²) in [6.07, 6.45) is -1.05. The van der Waals surface area contributed by atoms with Crippen LogP contribution in [0.4, 0.5) is 4.39 Å². The van der Waals surface area contributed by atoms with Gasteiger partial charge in [0.15, 0.2) is 6.10 Å². The molecular formula is C11H13FO3. The Morgan fingerprint density at radius 2 is 2.07 bits per heavy atom. The van der Waals surface area contributed by atoms with Gasteiger partial charge < -0.3 is 9.84 Å². The Hall–Kier alpha value is -1.42. The lowest BCUT2D eigenvalue weighted by molar-refractivity contribution is -0.152. The molecule has 0 fully saturated rings. The van der Waals surface area contributed by atoms with Gasteiger partial charge in [0.05, 0.1) is 6.61 Å². The van der Waals surface area contributed by atoms with Gasteiger partial charge in [0.1, 0.15) is 5.82 Å². The molecule has 1 aromatic carbocycles. The summed E-state index contributed by atoms with van der Waals surface area (Å²) in [4.78, 5) is 11.1. The first-order valence-corrected chi connectivity index (χ1v) is 4.72. The molecule has 0 heterocycles. The molecule has 1 unspecified atom stereocenters. The van der Waals surface area contributed by atoms with Crippen molar-refractivity contribution in [3.63, 3.8) is 0 Å². The predicted molar refractivity (Wildman–Crippen MR) is 52.7 cm³/mol. The fraction of sp³-hybridized carbons (Fsp3) is 0.364. The first-order valence-electron chi connectivity index (χ1n) is 4.72. The van der Waals surface area contributed by atoms with Gasteiger partial charge in [-0.1, -0.05) is 12.1 Å². The van der Waals surface area contributed by atoms with E-state index in [4.69, 9.17) is 0 Å². The minimum Gasteiger partial charge on any atom is -0.464 e. The average Bonchev–Trinajstić information content (AvgIpc) is 2.22. The van der Waals surface area contributed by atoms with Gasteiger partial charge in [-0.05, 0) is 24.6 Å². The largest absolute Gasteiger partial charge is 0.464 e. The van der Waals surface area contributed by atoms with Crippen molar-refractivity contribution in [2.24, 2.45) is 0 Å². The summed E-state index contributed by atoms with van der Waals surface area (Å²) < 4.78 is 17.2. The second-order valence-corrected chi connectivity index (χ2v) is 3.10. The Balaban J connectivity index is 2.54. The van der Waals surface area contributed by atoms with Gasteiger partial charge in [-0.2, -0.15) is 0 Å². The average molecular weight is 212 g/mol. The highest BCUT2D eigenvalue weighted by molar-refractivity contribution is 5.74. The van der Waals surface area contributed by atoms with Gasteiger partial charge in [0, 0.05) is 6.42 Å². The SMILES string of the molecule is CCOC(=O)C(O)Cc1ccc(F)cc1. The molecule has 4 heteroatoms. The number of carbonyl (C=O) groups excluding carboxylic acids is 1. The molecule has 0 saturated heterocycles. The van der Waals surface area contributed by atoms with Gasteiger partial charge in [0.2, 0.25) is 0 Å². The second-order valence-electron chi connectivity index (χ2n) is 3.10. The maximum atomic E-state index is 12.5. The van der Waals surface area contributed by atoms with Crippen LogP contribution in [-0.2, 0) is 16.0 Å². The topological polar surface area (TPSA) is 46.5 Å². The van der Waals surface area contributed by atoms with Crippen molar-refractivity contribution >= 4 is 5.97 Å². The number of carbonyl (C=O) groups is 1. The van der Waals surface area contributed by atoms with E-state index < -0.39 is 12.1 Å². The van der Waals surface area contributed by atoms with Gasteiger partial charge in [-0.15, -0.1) is 0 Å². The smallest absolute Gasteiger partial charge is 0.335 e. The number of ether oxygens (including phenoxy) is 1. The van der Waals surface area contributed by atoms with Gasteiger partial charge in [0.25, 0.3) is 0 Å². The summed E-state index contributed by atoms with van der Waals surface area (Å²) in [5.41, 5.74) is 0.692. The molecule has 3 nitrogen and oxygen atoms in total. The lowest BCUT2D eigenvalue weighted by Crippen LogP contribution is -2.25. The van der Waals surface area contributed by atoms with Crippen LogP contribution in [0.5, 0.6) is 0 Å². The zero-order valence-corrected chi connectivity index (χ0v) is 8.44. The van der Waals surface area contributed by atoms with Crippen molar-refractivity contribution in [1.29, 1.82) is 0 Å². The quantitative estimate of drug-likeness (QED) is 0.765. The van der Waals surface area contributed by atoms with Crippen molar-refractivity contribution in [1.82, 2.24) is 0 Å². The van der Waals surface area contributed by atoms with E-state index in [2.05, 4.69) is 4.74 Å². The monoisotopic (exact) mass is 212 g/mol. The number of hydrogen-bond acceptors (Lipinski definition) is 3. The van der Waals surface area contributed by atoms with Gasteiger partial charge in [-0.25, -0.2) is 9.18 Å². The molecule has 0 amide bonds. The molecule has 0 aliphatic rings. The standard InChI is InChI=1S/C11H13FO3/c1-2-15-11(14)10(13)7-8-3-5-9(12)6-4-8/h3-6,10,13H,2,7H2,1H3. The van der Waals surface area contributed by atoms with Crippen LogP contribution in [0, 0.1) is 5.82 Å². The lowest BCUT2D eigenvalue weighted by atomic mass is 10.1. The van der Waals surface area contributed by atoms with Gasteiger partial charge >= 0.3 is 5.97 Å². The minimum absolute atomic E-state index is 0.138. The summed E-state index contributed by atoms with van der Waals surface area (Å²) in [6.45, 7) is 1.90. The Morgan fingerprint density at radius 3 is 2.60 bits per heavy atom. The van der Waals surface area contributed by atoms with E-state index in [1.807, 2.05) is 0 Å². The van der Waals surface area contributed by atoms with E-state index in [1.54, 1.807) is 6.92 Å². The molecule has 0 bridgehead atoms. The third-order valence-electron chi connectivity index (χ3n) is 1.90. The number of aliphatic hydroxyl groups is 1. The van der Waals surface area contributed by atoms with Crippen LogP contribution in [0.3, 0.4) is 0 Å². The summed E-state index contributed by atoms with van der Waals surface area (Å²) in [6, 6.07) is 5.62. The van der Waals surface area contributed by atoms with E-state index in [-0.39, 0.29) is 18.8 Å². The van der Waals surface area contributed by atoms with Crippen LogP contribution in [0.25, 0.3) is 0 Å². The molecule has 82 valence electrons. The van der Waals surface area contributed by atoms with E-state index in [0.29, 0.717) is 5.56 Å². The summed E-state index contributed by atoms with van der Waals surface area (Å²) in [7, 11) is 0. The van der Waals surface area contributed by atoms with Crippen molar-refractivity contribution < 1.29 is 19.0 Å². The molecule has 0 aromatic heterocycles. The first-order chi connectivity index (χ1) is 7.13. The molecule has 0 spiro atoms. The van der Waals surface area contributed by atoms with Crippen LogP contribution in [0.1, 0.15) is 12.5 Å². The number of hydrogen-bond donors (Lipinski definition) is 1. The molecule has 0 aliphatic heterocycles. The highest BCUT2D eigenvalue weighted by Crippen LogP contribution is 2.06. The number of esters is 1. The fourth-order valence-corrected chi connectivity index (χ4v) is 1.17. The molecule has 0 radical (unpaired) electrons. The third-order valence-corrected chi connectivity index (χ3v) is 1.90. The molecule has 1 atom stereocenters. The molecule has 0 aliphatic carbocycles. The Morgan fingerprint density at radius 1 is 1.47 bits per heavy atom. The third kappa shape index (κ3) is 3.67. The van der Waals surface area contributed by atoms with Crippen molar-refractivity contribution in [2.45, 2.75) is 19.4 Å². The van der Waals surface area contributed by atoms with Crippen LogP contribution in [0.15, 0.2) is 24.3 Å². The lowest BCUT2D eigenvalue weighted by Gasteiger charge is -2.09. The summed E-state index contributed by atoms with van der Waals surface area (Å²) >= 11 is 0. The number of halogens is 1. The number of aliphatic hydroxyl groups excluding tert-OH is 1. The zero-order valence-electron chi connectivity index (χ0n) is 8.44. The Kier molecular flexibility index (Phi) is 4.24. The molecular weight excluding hydrogens is 199 g/mol. The van der Waals surface area contributed by atoms with Crippen molar-refractivity contribution in [3.8, 4) is 0 Å². The molecule has 1 rings (SSSR count). The Labute approximate surface area is 87.5 Å². The summed E-state index contributed by atoms with van der Waals surface area (Å²) in [5.74, 6) is -0.994. The van der Waals surface area contributed by atoms with E-state index in [0.717, 1.165) is 0 Å². The van der Waals surface area contributed by atoms with Crippen LogP contribution in [0.2, 0.25) is 0 Å². The van der Waals surface area contributed by atoms with Crippen LogP contribution < -0.4 is 0 Å². The van der Waals surface area contributed by atoms with Crippen molar-refractivity contribution in [2.75, 3.05) is 6.61 Å². The predicted octanol–water partition coefficient (Wildman–Crippen LogP) is 1.29. The summed E-state index contributed by atoms with van der Waals surface area (Å²) in [5, 5.41) is 9.40. The molecule has 0 saturated carbocycles. The van der Waals surface area contributed by atoms with Crippen LogP contribution >= 0.6 is 0 Å². The van der Waals surface area contributed by atoms with Gasteiger partial charge in [-0.3, -0.25) is 0 Å². The Bertz CT molecular complexity index is 321. The fourth-order valence-electron chi connectivity index (χ4n) is 1.17. The maximum Gasteiger partial charge on any atom is 0.335 e.